The first-order valence-electron chi connectivity index (χ1n) is 8.81. The number of anilines is 1. The number of hydrogen-bond donors (Lipinski definition) is 2. The van der Waals surface area contributed by atoms with Crippen LogP contribution in [-0.2, 0) is 11.3 Å². The molecule has 2 amide bonds. The van der Waals surface area contributed by atoms with Crippen molar-refractivity contribution in [1.82, 2.24) is 5.32 Å². The van der Waals surface area contributed by atoms with Gasteiger partial charge in [0.2, 0.25) is 0 Å². The minimum atomic E-state index is -0.223. The summed E-state index contributed by atoms with van der Waals surface area (Å²) >= 11 is 1.40. The number of aryl methyl sites for hydroxylation is 1. The van der Waals surface area contributed by atoms with Gasteiger partial charge in [-0.15, -0.1) is 0 Å². The summed E-state index contributed by atoms with van der Waals surface area (Å²) in [7, 11) is 0. The van der Waals surface area contributed by atoms with E-state index in [1.54, 1.807) is 30.5 Å². The van der Waals surface area contributed by atoms with Crippen molar-refractivity contribution in [2.75, 3.05) is 5.32 Å². The number of amides is 2. The standard InChI is InChI=1S/C22H18N2O3S/c1-14-4-2-5-15(10-14)11-20-22(26)24-18-12-16(7-8-19(18)28-20)21(25)23-13-17-6-3-9-27-17/h2-12H,13H2,1H3,(H,23,25)(H,24,26). The molecule has 0 radical (unpaired) electrons. The van der Waals surface area contributed by atoms with Crippen molar-refractivity contribution in [3.63, 3.8) is 0 Å². The zero-order chi connectivity index (χ0) is 19.5. The first-order chi connectivity index (χ1) is 13.6. The maximum Gasteiger partial charge on any atom is 0.262 e. The summed E-state index contributed by atoms with van der Waals surface area (Å²) in [5.41, 5.74) is 3.25. The quantitative estimate of drug-likeness (QED) is 0.639. The molecule has 6 heteroatoms. The molecule has 0 atom stereocenters. The lowest BCUT2D eigenvalue weighted by Crippen LogP contribution is -2.23. The van der Waals surface area contributed by atoms with E-state index < -0.39 is 0 Å². The first-order valence-corrected chi connectivity index (χ1v) is 9.62. The van der Waals surface area contributed by atoms with Gasteiger partial charge in [-0.2, -0.15) is 0 Å². The van der Waals surface area contributed by atoms with Crippen LogP contribution in [0.25, 0.3) is 6.08 Å². The van der Waals surface area contributed by atoms with E-state index >= 15 is 0 Å². The Bertz CT molecular complexity index is 1070. The molecule has 28 heavy (non-hydrogen) atoms. The molecule has 0 spiro atoms. The van der Waals surface area contributed by atoms with Gasteiger partial charge in [-0.3, -0.25) is 9.59 Å². The monoisotopic (exact) mass is 390 g/mol. The van der Waals surface area contributed by atoms with Crippen molar-refractivity contribution in [2.24, 2.45) is 0 Å². The Hall–Kier alpha value is -3.25. The van der Waals surface area contributed by atoms with Gasteiger partial charge in [0, 0.05) is 10.5 Å². The lowest BCUT2D eigenvalue weighted by molar-refractivity contribution is -0.112. The van der Waals surface area contributed by atoms with E-state index in [0.29, 0.717) is 28.5 Å². The molecule has 2 heterocycles. The van der Waals surface area contributed by atoms with E-state index in [1.165, 1.54) is 11.8 Å². The van der Waals surface area contributed by atoms with Gasteiger partial charge >= 0.3 is 0 Å². The minimum absolute atomic E-state index is 0.174. The molecule has 0 saturated carbocycles. The topological polar surface area (TPSA) is 71.3 Å². The maximum atomic E-state index is 12.5. The third-order valence-electron chi connectivity index (χ3n) is 4.28. The lowest BCUT2D eigenvalue weighted by Gasteiger charge is -2.19. The van der Waals surface area contributed by atoms with Gasteiger partial charge in [-0.1, -0.05) is 41.6 Å². The van der Waals surface area contributed by atoms with Gasteiger partial charge in [-0.25, -0.2) is 0 Å². The predicted molar refractivity (Wildman–Crippen MR) is 110 cm³/mol. The van der Waals surface area contributed by atoms with E-state index in [9.17, 15) is 9.59 Å². The summed E-state index contributed by atoms with van der Waals surface area (Å²) < 4.78 is 5.21. The number of thioether (sulfide) groups is 1. The normalized spacial score (nSPS) is 14.5. The third kappa shape index (κ3) is 4.02. The molecule has 1 aliphatic rings. The molecule has 3 aromatic rings. The van der Waals surface area contributed by atoms with Crippen LogP contribution in [0.5, 0.6) is 0 Å². The van der Waals surface area contributed by atoms with Crippen LogP contribution in [0, 0.1) is 6.92 Å². The highest BCUT2D eigenvalue weighted by molar-refractivity contribution is 8.04. The van der Waals surface area contributed by atoms with Crippen molar-refractivity contribution in [2.45, 2.75) is 18.4 Å². The van der Waals surface area contributed by atoms with Crippen LogP contribution < -0.4 is 10.6 Å². The van der Waals surface area contributed by atoms with E-state index in [1.807, 2.05) is 43.3 Å². The van der Waals surface area contributed by atoms with Crippen molar-refractivity contribution >= 4 is 35.3 Å². The molecule has 140 valence electrons. The molecular formula is C22H18N2O3S. The molecule has 0 fully saturated rings. The van der Waals surface area contributed by atoms with Gasteiger partial charge in [0.25, 0.3) is 11.8 Å². The number of benzene rings is 2. The van der Waals surface area contributed by atoms with Gasteiger partial charge in [0.15, 0.2) is 0 Å². The summed E-state index contributed by atoms with van der Waals surface area (Å²) in [5.74, 6) is 0.285. The third-order valence-corrected chi connectivity index (χ3v) is 5.38. The molecule has 1 aromatic heterocycles. The highest BCUT2D eigenvalue weighted by atomic mass is 32.2. The molecule has 4 rings (SSSR count). The maximum absolute atomic E-state index is 12.5. The largest absolute Gasteiger partial charge is 0.467 e. The Labute approximate surface area is 166 Å². The zero-order valence-electron chi connectivity index (χ0n) is 15.2. The van der Waals surface area contributed by atoms with Crippen molar-refractivity contribution in [3.05, 3.63) is 88.2 Å². The fourth-order valence-electron chi connectivity index (χ4n) is 2.90. The molecule has 0 unspecified atom stereocenters. The molecule has 2 aromatic carbocycles. The number of nitrogens with one attached hydrogen (secondary N) is 2. The van der Waals surface area contributed by atoms with Crippen molar-refractivity contribution < 1.29 is 14.0 Å². The fourth-order valence-corrected chi connectivity index (χ4v) is 3.83. The summed E-state index contributed by atoms with van der Waals surface area (Å²) in [6, 6.07) is 16.9. The summed E-state index contributed by atoms with van der Waals surface area (Å²) in [6.45, 7) is 2.33. The molecule has 1 aliphatic heterocycles. The van der Waals surface area contributed by atoms with Crippen LogP contribution in [-0.4, -0.2) is 11.8 Å². The Morgan fingerprint density at radius 2 is 2.07 bits per heavy atom. The number of hydrogen-bond acceptors (Lipinski definition) is 4. The molecule has 5 nitrogen and oxygen atoms in total. The molecule has 0 aliphatic carbocycles. The van der Waals surface area contributed by atoms with Gasteiger partial charge in [0.1, 0.15) is 5.76 Å². The summed E-state index contributed by atoms with van der Waals surface area (Å²) in [4.78, 5) is 26.4. The summed E-state index contributed by atoms with van der Waals surface area (Å²) in [6.07, 6.45) is 3.44. The van der Waals surface area contributed by atoms with Crippen LogP contribution in [0.4, 0.5) is 5.69 Å². The predicted octanol–water partition coefficient (Wildman–Crippen LogP) is 4.60. The second-order valence-electron chi connectivity index (χ2n) is 6.45. The number of rotatable bonds is 4. The summed E-state index contributed by atoms with van der Waals surface area (Å²) in [5, 5.41) is 5.69. The number of furan rings is 1. The average molecular weight is 390 g/mol. The van der Waals surface area contributed by atoms with E-state index in [2.05, 4.69) is 10.6 Å². The Balaban J connectivity index is 1.51. The van der Waals surface area contributed by atoms with Gasteiger partial charge < -0.3 is 15.1 Å². The Kier molecular flexibility index (Phi) is 5.04. The zero-order valence-corrected chi connectivity index (χ0v) is 16.0. The first kappa shape index (κ1) is 18.1. The smallest absolute Gasteiger partial charge is 0.262 e. The number of carbonyl (C=O) groups excluding carboxylic acids is 2. The lowest BCUT2D eigenvalue weighted by atomic mass is 10.1. The number of fused-ring (bicyclic) bond motifs is 1. The molecular weight excluding hydrogens is 372 g/mol. The van der Waals surface area contributed by atoms with E-state index in [-0.39, 0.29) is 11.8 Å². The minimum Gasteiger partial charge on any atom is -0.467 e. The van der Waals surface area contributed by atoms with Crippen LogP contribution in [0.3, 0.4) is 0 Å². The Morgan fingerprint density at radius 1 is 1.18 bits per heavy atom. The average Bonchev–Trinajstić information content (AvgIpc) is 3.20. The van der Waals surface area contributed by atoms with Crippen LogP contribution >= 0.6 is 11.8 Å². The highest BCUT2D eigenvalue weighted by Crippen LogP contribution is 2.39. The number of carbonyl (C=O) groups is 2. The molecule has 0 bridgehead atoms. The Morgan fingerprint density at radius 3 is 2.86 bits per heavy atom. The fraction of sp³-hybridized carbons (Fsp3) is 0.0909. The van der Waals surface area contributed by atoms with Crippen LogP contribution in [0.15, 0.2) is 75.1 Å². The molecule has 2 N–H and O–H groups in total. The van der Waals surface area contributed by atoms with Gasteiger partial charge in [-0.05, 0) is 48.9 Å². The molecule has 0 saturated heterocycles. The van der Waals surface area contributed by atoms with Crippen LogP contribution in [0.2, 0.25) is 0 Å². The highest BCUT2D eigenvalue weighted by Gasteiger charge is 2.22. The second-order valence-corrected chi connectivity index (χ2v) is 7.54. The van der Waals surface area contributed by atoms with Crippen molar-refractivity contribution in [3.8, 4) is 0 Å². The van der Waals surface area contributed by atoms with Gasteiger partial charge in [0.05, 0.1) is 23.4 Å². The second kappa shape index (κ2) is 7.78. The van der Waals surface area contributed by atoms with Crippen LogP contribution in [0.1, 0.15) is 27.2 Å². The SMILES string of the molecule is Cc1cccc(C=C2Sc3ccc(C(=O)NCc4ccco4)cc3NC2=O)c1. The van der Waals surface area contributed by atoms with E-state index in [0.717, 1.165) is 16.0 Å². The van der Waals surface area contributed by atoms with Crippen molar-refractivity contribution in [1.29, 1.82) is 0 Å². The van der Waals surface area contributed by atoms with E-state index in [4.69, 9.17) is 4.42 Å².